The summed E-state index contributed by atoms with van der Waals surface area (Å²) >= 11 is 0. The fourth-order valence-corrected chi connectivity index (χ4v) is 3.46. The lowest BCUT2D eigenvalue weighted by Gasteiger charge is -2.35. The van der Waals surface area contributed by atoms with Gasteiger partial charge in [-0.25, -0.2) is 4.79 Å². The van der Waals surface area contributed by atoms with Crippen molar-refractivity contribution in [2.75, 3.05) is 18.4 Å². The standard InChI is InChI=1S/C19H27N5O/c1-4-17(24-10-9-15-7-5-6-8-16(15)13-24)12-20-19(25)21-18-11-14(2)22-23(18)3/h5-8,11,17H,4,9-10,12-13H2,1-3H3,(H2,20,21,25). The summed E-state index contributed by atoms with van der Waals surface area (Å²) in [5.74, 6) is 0.704. The number of urea groups is 1. The lowest BCUT2D eigenvalue weighted by Crippen LogP contribution is -2.46. The molecule has 0 aliphatic carbocycles. The minimum Gasteiger partial charge on any atom is -0.336 e. The van der Waals surface area contributed by atoms with Gasteiger partial charge in [-0.2, -0.15) is 5.10 Å². The number of nitrogens with zero attached hydrogens (tertiary/aromatic N) is 3. The summed E-state index contributed by atoms with van der Waals surface area (Å²) in [4.78, 5) is 14.7. The molecule has 0 bridgehead atoms. The van der Waals surface area contributed by atoms with E-state index in [4.69, 9.17) is 0 Å². The first-order valence-corrected chi connectivity index (χ1v) is 8.93. The molecule has 2 heterocycles. The Kier molecular flexibility index (Phi) is 5.38. The van der Waals surface area contributed by atoms with E-state index in [2.05, 4.69) is 51.8 Å². The third-order valence-electron chi connectivity index (χ3n) is 4.89. The number of amides is 2. The van der Waals surface area contributed by atoms with Crippen molar-refractivity contribution in [1.29, 1.82) is 0 Å². The first kappa shape index (κ1) is 17.5. The quantitative estimate of drug-likeness (QED) is 0.879. The number of hydrogen-bond donors (Lipinski definition) is 2. The van der Waals surface area contributed by atoms with Crippen LogP contribution >= 0.6 is 0 Å². The lowest BCUT2D eigenvalue weighted by atomic mass is 9.98. The Balaban J connectivity index is 1.54. The Bertz CT molecular complexity index is 739. The summed E-state index contributed by atoms with van der Waals surface area (Å²) in [7, 11) is 1.82. The molecule has 25 heavy (non-hydrogen) atoms. The van der Waals surface area contributed by atoms with Gasteiger partial charge in [0, 0.05) is 38.8 Å². The van der Waals surface area contributed by atoms with Gasteiger partial charge in [-0.15, -0.1) is 0 Å². The third-order valence-corrected chi connectivity index (χ3v) is 4.89. The third kappa shape index (κ3) is 4.20. The van der Waals surface area contributed by atoms with Crippen LogP contribution in [0.25, 0.3) is 0 Å². The van der Waals surface area contributed by atoms with Crippen molar-refractivity contribution < 1.29 is 4.79 Å². The first-order valence-electron chi connectivity index (χ1n) is 8.93. The van der Waals surface area contributed by atoms with Crippen molar-refractivity contribution in [1.82, 2.24) is 20.0 Å². The highest BCUT2D eigenvalue weighted by atomic mass is 16.2. The van der Waals surface area contributed by atoms with Crippen LogP contribution in [-0.2, 0) is 20.0 Å². The highest BCUT2D eigenvalue weighted by molar-refractivity contribution is 5.88. The topological polar surface area (TPSA) is 62.2 Å². The van der Waals surface area contributed by atoms with Crippen molar-refractivity contribution in [3.8, 4) is 0 Å². The number of aromatic nitrogens is 2. The largest absolute Gasteiger partial charge is 0.336 e. The van der Waals surface area contributed by atoms with Gasteiger partial charge in [0.15, 0.2) is 0 Å². The van der Waals surface area contributed by atoms with Gasteiger partial charge < -0.3 is 5.32 Å². The average Bonchev–Trinajstić information content (AvgIpc) is 2.92. The highest BCUT2D eigenvalue weighted by Gasteiger charge is 2.22. The molecule has 2 aromatic rings. The summed E-state index contributed by atoms with van der Waals surface area (Å²) in [5.41, 5.74) is 3.74. The van der Waals surface area contributed by atoms with Gasteiger partial charge >= 0.3 is 6.03 Å². The second kappa shape index (κ2) is 7.70. The van der Waals surface area contributed by atoms with Crippen LogP contribution in [0.5, 0.6) is 0 Å². The molecule has 6 heteroatoms. The Morgan fingerprint density at radius 1 is 1.32 bits per heavy atom. The Morgan fingerprint density at radius 3 is 2.76 bits per heavy atom. The highest BCUT2D eigenvalue weighted by Crippen LogP contribution is 2.21. The van der Waals surface area contributed by atoms with Crippen LogP contribution < -0.4 is 10.6 Å². The van der Waals surface area contributed by atoms with Crippen LogP contribution in [0.4, 0.5) is 10.6 Å². The van der Waals surface area contributed by atoms with Gasteiger partial charge in [-0.3, -0.25) is 14.9 Å². The fraction of sp³-hybridized carbons (Fsp3) is 0.474. The van der Waals surface area contributed by atoms with E-state index in [1.165, 1.54) is 11.1 Å². The van der Waals surface area contributed by atoms with Gasteiger partial charge in [-0.1, -0.05) is 31.2 Å². The predicted molar refractivity (Wildman–Crippen MR) is 99.6 cm³/mol. The monoisotopic (exact) mass is 341 g/mol. The minimum atomic E-state index is -0.182. The van der Waals surface area contributed by atoms with E-state index in [0.717, 1.165) is 31.6 Å². The van der Waals surface area contributed by atoms with Gasteiger partial charge in [0.2, 0.25) is 0 Å². The Morgan fingerprint density at radius 2 is 2.08 bits per heavy atom. The van der Waals surface area contributed by atoms with Gasteiger partial charge in [-0.05, 0) is 30.9 Å². The molecule has 134 valence electrons. The maximum atomic E-state index is 12.2. The second-order valence-corrected chi connectivity index (χ2v) is 6.68. The number of anilines is 1. The van der Waals surface area contributed by atoms with Crippen molar-refractivity contribution >= 4 is 11.8 Å². The summed E-state index contributed by atoms with van der Waals surface area (Å²) < 4.78 is 1.67. The molecule has 1 aliphatic heterocycles. The zero-order valence-electron chi connectivity index (χ0n) is 15.2. The van der Waals surface area contributed by atoms with Crippen LogP contribution in [0.2, 0.25) is 0 Å². The molecule has 0 radical (unpaired) electrons. The molecule has 0 spiro atoms. The van der Waals surface area contributed by atoms with E-state index in [0.29, 0.717) is 18.4 Å². The van der Waals surface area contributed by atoms with Crippen molar-refractivity contribution in [2.45, 2.75) is 39.3 Å². The number of aryl methyl sites for hydroxylation is 2. The molecule has 0 saturated carbocycles. The number of nitrogens with one attached hydrogen (secondary N) is 2. The Hall–Kier alpha value is -2.34. The van der Waals surface area contributed by atoms with Crippen LogP contribution in [0, 0.1) is 6.92 Å². The molecule has 0 fully saturated rings. The predicted octanol–water partition coefficient (Wildman–Crippen LogP) is 2.69. The SMILES string of the molecule is CCC(CNC(=O)Nc1cc(C)nn1C)N1CCc2ccccc2C1. The summed E-state index contributed by atoms with van der Waals surface area (Å²) in [5, 5.41) is 10.1. The molecule has 1 unspecified atom stereocenters. The van der Waals surface area contributed by atoms with Gasteiger partial charge in [0.05, 0.1) is 5.69 Å². The molecule has 1 aliphatic rings. The number of hydrogen-bond acceptors (Lipinski definition) is 3. The second-order valence-electron chi connectivity index (χ2n) is 6.68. The summed E-state index contributed by atoms with van der Waals surface area (Å²) in [6.07, 6.45) is 2.08. The zero-order chi connectivity index (χ0) is 17.8. The van der Waals surface area contributed by atoms with Crippen molar-refractivity contribution in [2.24, 2.45) is 7.05 Å². The van der Waals surface area contributed by atoms with Gasteiger partial charge in [0.1, 0.15) is 5.82 Å². The summed E-state index contributed by atoms with van der Waals surface area (Å²) in [6.45, 7) is 6.72. The minimum absolute atomic E-state index is 0.182. The number of benzene rings is 1. The zero-order valence-corrected chi connectivity index (χ0v) is 15.2. The van der Waals surface area contributed by atoms with Crippen LogP contribution in [0.15, 0.2) is 30.3 Å². The van der Waals surface area contributed by atoms with E-state index < -0.39 is 0 Å². The number of rotatable bonds is 5. The van der Waals surface area contributed by atoms with E-state index in [1.807, 2.05) is 20.0 Å². The number of carbonyl (C=O) groups is 1. The molecular formula is C19H27N5O. The van der Waals surface area contributed by atoms with E-state index >= 15 is 0 Å². The lowest BCUT2D eigenvalue weighted by molar-refractivity contribution is 0.170. The maximum absolute atomic E-state index is 12.2. The molecule has 1 aromatic carbocycles. The van der Waals surface area contributed by atoms with Crippen LogP contribution in [-0.4, -0.2) is 39.8 Å². The molecule has 1 aromatic heterocycles. The molecule has 3 rings (SSSR count). The molecule has 2 N–H and O–H groups in total. The van der Waals surface area contributed by atoms with E-state index in [9.17, 15) is 4.79 Å². The first-order chi connectivity index (χ1) is 12.1. The molecule has 1 atom stereocenters. The van der Waals surface area contributed by atoms with Crippen LogP contribution in [0.1, 0.15) is 30.2 Å². The van der Waals surface area contributed by atoms with Gasteiger partial charge in [0.25, 0.3) is 0 Å². The van der Waals surface area contributed by atoms with Crippen molar-refractivity contribution in [3.63, 3.8) is 0 Å². The maximum Gasteiger partial charge on any atom is 0.320 e. The molecule has 2 amide bonds. The van der Waals surface area contributed by atoms with E-state index in [1.54, 1.807) is 4.68 Å². The Labute approximate surface area is 149 Å². The number of fused-ring (bicyclic) bond motifs is 1. The molecular weight excluding hydrogens is 314 g/mol. The average molecular weight is 341 g/mol. The van der Waals surface area contributed by atoms with Crippen LogP contribution in [0.3, 0.4) is 0 Å². The number of carbonyl (C=O) groups excluding carboxylic acids is 1. The van der Waals surface area contributed by atoms with Crippen molar-refractivity contribution in [3.05, 3.63) is 47.2 Å². The molecule has 0 saturated heterocycles. The molecule has 6 nitrogen and oxygen atoms in total. The van der Waals surface area contributed by atoms with E-state index in [-0.39, 0.29) is 6.03 Å². The summed E-state index contributed by atoms with van der Waals surface area (Å²) in [6, 6.07) is 10.7. The fourth-order valence-electron chi connectivity index (χ4n) is 3.46. The smallest absolute Gasteiger partial charge is 0.320 e. The normalized spacial score (nSPS) is 15.5.